The van der Waals surface area contributed by atoms with Gasteiger partial charge in [0.1, 0.15) is 21.2 Å². The topological polar surface area (TPSA) is 157 Å². The van der Waals surface area contributed by atoms with Crippen LogP contribution in [0.2, 0.25) is 0 Å². The van der Waals surface area contributed by atoms with Gasteiger partial charge < -0.3 is 10.6 Å². The zero-order valence-corrected chi connectivity index (χ0v) is 30.0. The van der Waals surface area contributed by atoms with E-state index in [9.17, 15) is 26.4 Å². The molecule has 0 saturated heterocycles. The van der Waals surface area contributed by atoms with Crippen molar-refractivity contribution in [2.45, 2.75) is 59.5 Å². The van der Waals surface area contributed by atoms with E-state index in [2.05, 4.69) is 16.7 Å². The van der Waals surface area contributed by atoms with Crippen LogP contribution in [0.3, 0.4) is 0 Å². The Hall–Kier alpha value is -4.93. The normalized spacial score (nSPS) is 16.9. The summed E-state index contributed by atoms with van der Waals surface area (Å²) in [5.41, 5.74) is 2.02. The summed E-state index contributed by atoms with van der Waals surface area (Å²) in [6, 6.07) is 26.1. The quantitative estimate of drug-likeness (QED) is 0.326. The van der Waals surface area contributed by atoms with Gasteiger partial charge in [-0.1, -0.05) is 72.8 Å². The Morgan fingerprint density at radius 1 is 0.735 bits per heavy atom. The number of amides is 2. The first kappa shape index (κ1) is 36.9. The number of carbonyl (C=O) groups excluding carboxylic acids is 2. The molecule has 0 saturated carbocycles. The van der Waals surface area contributed by atoms with Gasteiger partial charge in [-0.3, -0.25) is 9.59 Å². The maximum Gasteiger partial charge on any atom is 0.285 e. The second-order valence-electron chi connectivity index (χ2n) is 12.6. The second kappa shape index (κ2) is 14.7. The number of sulfonamides is 2. The first-order valence-corrected chi connectivity index (χ1v) is 18.7. The van der Waals surface area contributed by atoms with Crippen molar-refractivity contribution in [1.82, 2.24) is 19.2 Å². The van der Waals surface area contributed by atoms with Gasteiger partial charge in [0.15, 0.2) is 0 Å². The van der Waals surface area contributed by atoms with Crippen LogP contribution >= 0.6 is 0 Å². The maximum absolute atomic E-state index is 13.0. The van der Waals surface area contributed by atoms with Crippen LogP contribution in [-0.4, -0.2) is 61.9 Å². The third kappa shape index (κ3) is 7.55. The summed E-state index contributed by atoms with van der Waals surface area (Å²) in [6.07, 6.45) is 0.590. The van der Waals surface area contributed by atoms with E-state index in [0.717, 1.165) is 14.2 Å². The fourth-order valence-corrected chi connectivity index (χ4v) is 9.56. The van der Waals surface area contributed by atoms with Gasteiger partial charge in [-0.25, -0.2) is 25.4 Å². The summed E-state index contributed by atoms with van der Waals surface area (Å²) in [6.45, 7) is 11.2. The molecule has 49 heavy (non-hydrogen) atoms. The Labute approximate surface area is 289 Å². The van der Waals surface area contributed by atoms with Crippen LogP contribution in [0.5, 0.6) is 0 Å². The van der Waals surface area contributed by atoms with Crippen LogP contribution in [0.25, 0.3) is 9.81 Å². The molecule has 2 amide bonds. The molecule has 13 heteroatoms. The van der Waals surface area contributed by atoms with E-state index in [1.807, 2.05) is 25.1 Å². The summed E-state index contributed by atoms with van der Waals surface area (Å²) in [7, 11) is -7.78. The highest BCUT2D eigenvalue weighted by Gasteiger charge is 2.49. The van der Waals surface area contributed by atoms with Gasteiger partial charge in [0.25, 0.3) is 31.9 Å². The molecule has 2 N–H and O–H groups in total. The van der Waals surface area contributed by atoms with Gasteiger partial charge in [-0.05, 0) is 76.8 Å². The molecule has 2 aliphatic heterocycles. The fourth-order valence-electron chi connectivity index (χ4n) is 5.58. The predicted molar refractivity (Wildman–Crippen MR) is 190 cm³/mol. The lowest BCUT2D eigenvalue weighted by atomic mass is 10.1. The molecule has 3 aromatic rings. The monoisotopic (exact) mass is 703 g/mol. The van der Waals surface area contributed by atoms with Crippen LogP contribution in [0.1, 0.15) is 63.8 Å². The summed E-state index contributed by atoms with van der Waals surface area (Å²) in [5.74, 6) is -1.03. The Morgan fingerprint density at radius 2 is 1.22 bits per heavy atom. The highest BCUT2D eigenvalue weighted by Crippen LogP contribution is 2.39. The van der Waals surface area contributed by atoms with Gasteiger partial charge in [0.2, 0.25) is 0 Å². The van der Waals surface area contributed by atoms with Crippen molar-refractivity contribution in [2.24, 2.45) is 0 Å². The first-order chi connectivity index (χ1) is 23.1. The summed E-state index contributed by atoms with van der Waals surface area (Å²) < 4.78 is 53.6. The number of hydrogen-bond donors (Lipinski definition) is 2. The molecule has 0 radical (unpaired) electrons. The third-order valence-electron chi connectivity index (χ3n) is 7.58. The van der Waals surface area contributed by atoms with Gasteiger partial charge >= 0.3 is 0 Å². The van der Waals surface area contributed by atoms with Crippen molar-refractivity contribution in [3.8, 4) is 6.07 Å². The molecule has 0 unspecified atom stereocenters. The molecule has 0 bridgehead atoms. The van der Waals surface area contributed by atoms with E-state index < -0.39 is 43.4 Å². The number of nitriles is 1. The van der Waals surface area contributed by atoms with E-state index in [0.29, 0.717) is 36.2 Å². The Balaban J connectivity index is 0.000000230. The van der Waals surface area contributed by atoms with Crippen LogP contribution in [-0.2, 0) is 36.1 Å². The molecule has 0 spiro atoms. The SMILES string of the molecule is CC(C)N1C(=O)C(NCCc2ccc(C#N)cc2)=C(c2ccccc2)S1(=O)=O.CCNC1=C(c2ccccc2)S(=O)(=O)N(C(C)(C)C)C1=O. The van der Waals surface area contributed by atoms with E-state index in [-0.39, 0.29) is 21.2 Å². The third-order valence-corrected chi connectivity index (χ3v) is 11.8. The molecule has 0 aliphatic carbocycles. The minimum Gasteiger partial charge on any atom is -0.380 e. The zero-order chi connectivity index (χ0) is 36.1. The van der Waals surface area contributed by atoms with Crippen LogP contribution in [0.4, 0.5) is 0 Å². The lowest BCUT2D eigenvalue weighted by Gasteiger charge is -2.30. The van der Waals surface area contributed by atoms with Crippen LogP contribution < -0.4 is 10.6 Å². The molecular weight excluding hydrogens is 663 g/mol. The van der Waals surface area contributed by atoms with Gasteiger partial charge in [0, 0.05) is 19.1 Å². The van der Waals surface area contributed by atoms with E-state index in [4.69, 9.17) is 5.26 Å². The average Bonchev–Trinajstić information content (AvgIpc) is 3.38. The zero-order valence-electron chi connectivity index (χ0n) is 28.4. The number of benzene rings is 3. The molecule has 0 fully saturated rings. The molecule has 2 heterocycles. The second-order valence-corrected chi connectivity index (χ2v) is 16.1. The van der Waals surface area contributed by atoms with Gasteiger partial charge in [0.05, 0.1) is 17.2 Å². The minimum absolute atomic E-state index is 0.0200. The Morgan fingerprint density at radius 3 is 1.67 bits per heavy atom. The van der Waals surface area contributed by atoms with Crippen LogP contribution in [0.15, 0.2) is 96.3 Å². The maximum atomic E-state index is 13.0. The number of nitrogens with one attached hydrogen (secondary N) is 2. The largest absolute Gasteiger partial charge is 0.380 e. The van der Waals surface area contributed by atoms with E-state index in [1.54, 1.807) is 101 Å². The van der Waals surface area contributed by atoms with Crippen molar-refractivity contribution < 1.29 is 26.4 Å². The standard InChI is InChI=1S/C21H21N3O3S.C15H20N2O3S/c1-15(2)24-21(25)19(20(28(24,26)27)18-6-4-3-5-7-18)23-13-12-16-8-10-17(14-22)11-9-16;1-5-16-12-13(11-9-7-6-8-10-11)21(19,20)17(14(12)18)15(2,3)4/h3-11,15,23H,12-13H2,1-2H3;6-10,16H,5H2,1-4H3. The van der Waals surface area contributed by atoms with Crippen molar-refractivity contribution in [1.29, 1.82) is 5.26 Å². The molecular formula is C36H41N5O6S2. The molecule has 5 rings (SSSR count). The summed E-state index contributed by atoms with van der Waals surface area (Å²) in [4.78, 5) is 25.5. The highest BCUT2D eigenvalue weighted by molar-refractivity contribution is 8.00. The smallest absolute Gasteiger partial charge is 0.285 e. The van der Waals surface area contributed by atoms with Crippen LogP contribution in [0, 0.1) is 11.3 Å². The molecule has 2 aliphatic rings. The lowest BCUT2D eigenvalue weighted by molar-refractivity contribution is -0.125. The number of rotatable bonds is 9. The van der Waals surface area contributed by atoms with Gasteiger partial charge in [-0.15, -0.1) is 0 Å². The number of carbonyl (C=O) groups is 2. The van der Waals surface area contributed by atoms with E-state index >= 15 is 0 Å². The average molecular weight is 704 g/mol. The number of likely N-dealkylation sites (N-methyl/N-ethyl adjacent to an activating group) is 1. The number of nitrogens with zero attached hydrogens (tertiary/aromatic N) is 3. The molecule has 0 aromatic heterocycles. The Bertz CT molecular complexity index is 2030. The summed E-state index contributed by atoms with van der Waals surface area (Å²) in [5, 5.41) is 14.8. The summed E-state index contributed by atoms with van der Waals surface area (Å²) >= 11 is 0. The van der Waals surface area contributed by atoms with Gasteiger partial charge in [-0.2, -0.15) is 5.26 Å². The highest BCUT2D eigenvalue weighted by atomic mass is 32.2. The van der Waals surface area contributed by atoms with Crippen molar-refractivity contribution in [3.63, 3.8) is 0 Å². The lowest BCUT2D eigenvalue weighted by Crippen LogP contribution is -2.46. The minimum atomic E-state index is -3.92. The molecule has 258 valence electrons. The van der Waals surface area contributed by atoms with Crippen molar-refractivity contribution in [3.05, 3.63) is 119 Å². The molecule has 0 atom stereocenters. The molecule has 3 aromatic carbocycles. The predicted octanol–water partition coefficient (Wildman–Crippen LogP) is 4.57. The van der Waals surface area contributed by atoms with Crippen molar-refractivity contribution >= 4 is 41.7 Å². The van der Waals surface area contributed by atoms with E-state index in [1.165, 1.54) is 0 Å². The van der Waals surface area contributed by atoms with Crippen molar-refractivity contribution in [2.75, 3.05) is 13.1 Å². The molecule has 11 nitrogen and oxygen atoms in total. The Kier molecular flexibility index (Phi) is 11.1. The fraction of sp³-hybridized carbons (Fsp3) is 0.306. The number of hydrogen-bond acceptors (Lipinski definition) is 9. The first-order valence-electron chi connectivity index (χ1n) is 15.8.